The highest BCUT2D eigenvalue weighted by atomic mass is 16.4. The Hall–Kier alpha value is -2.43. The summed E-state index contributed by atoms with van der Waals surface area (Å²) in [6.07, 6.45) is 3.51. The molecule has 1 aromatic carbocycles. The highest BCUT2D eigenvalue weighted by Gasteiger charge is 2.08. The second kappa shape index (κ2) is 6.14. The number of nitrogens with zero attached hydrogens (tertiary/aromatic N) is 3. The number of aromatic carboxylic acids is 1. The van der Waals surface area contributed by atoms with Crippen molar-refractivity contribution in [1.29, 1.82) is 0 Å². The zero-order valence-electron chi connectivity index (χ0n) is 11.6. The summed E-state index contributed by atoms with van der Waals surface area (Å²) in [6.45, 7) is 2.11. The number of rotatable bonds is 5. The minimum Gasteiger partial charge on any atom is -0.478 e. The van der Waals surface area contributed by atoms with E-state index in [1.54, 1.807) is 30.6 Å². The largest absolute Gasteiger partial charge is 0.478 e. The van der Waals surface area contributed by atoms with E-state index in [0.717, 1.165) is 30.0 Å². The van der Waals surface area contributed by atoms with Gasteiger partial charge in [0.05, 0.1) is 5.56 Å². The molecule has 5 nitrogen and oxygen atoms in total. The highest BCUT2D eigenvalue weighted by Crippen LogP contribution is 2.22. The minimum atomic E-state index is -0.925. The number of hydrogen-bond donors (Lipinski definition) is 1. The van der Waals surface area contributed by atoms with Crippen LogP contribution >= 0.6 is 0 Å². The first-order valence-corrected chi connectivity index (χ1v) is 6.50. The Morgan fingerprint density at radius 3 is 2.55 bits per heavy atom. The first-order valence-electron chi connectivity index (χ1n) is 6.50. The molecule has 1 heterocycles. The molecule has 1 N–H and O–H groups in total. The molecular formula is C15H17N3O2. The van der Waals surface area contributed by atoms with Gasteiger partial charge in [0.25, 0.3) is 0 Å². The van der Waals surface area contributed by atoms with Crippen LogP contribution in [0.15, 0.2) is 36.7 Å². The number of carboxylic acid groups (broad SMARTS) is 1. The van der Waals surface area contributed by atoms with Gasteiger partial charge in [-0.25, -0.2) is 14.8 Å². The van der Waals surface area contributed by atoms with E-state index in [1.165, 1.54) is 0 Å². The third kappa shape index (κ3) is 3.12. The molecule has 0 fully saturated rings. The van der Waals surface area contributed by atoms with Gasteiger partial charge >= 0.3 is 5.97 Å². The van der Waals surface area contributed by atoms with Crippen LogP contribution in [0, 0.1) is 0 Å². The molecule has 0 bridgehead atoms. The van der Waals surface area contributed by atoms with Crippen molar-refractivity contribution < 1.29 is 9.90 Å². The second-order valence-corrected chi connectivity index (χ2v) is 4.53. The Balaban J connectivity index is 2.23. The van der Waals surface area contributed by atoms with Crippen LogP contribution in [0.5, 0.6) is 0 Å². The summed E-state index contributed by atoms with van der Waals surface area (Å²) in [7, 11) is 1.90. The average Bonchev–Trinajstić information content (AvgIpc) is 2.47. The lowest BCUT2D eigenvalue weighted by Crippen LogP contribution is -2.12. The predicted octanol–water partition coefficient (Wildman–Crippen LogP) is 2.90. The van der Waals surface area contributed by atoms with E-state index < -0.39 is 5.97 Å². The number of anilines is 2. The lowest BCUT2D eigenvalue weighted by atomic mass is 10.2. The molecule has 5 heteroatoms. The average molecular weight is 271 g/mol. The molecule has 0 aliphatic rings. The quantitative estimate of drug-likeness (QED) is 0.905. The van der Waals surface area contributed by atoms with Crippen LogP contribution in [-0.4, -0.2) is 28.1 Å². The maximum absolute atomic E-state index is 10.8. The second-order valence-electron chi connectivity index (χ2n) is 4.53. The van der Waals surface area contributed by atoms with Gasteiger partial charge < -0.3 is 10.0 Å². The summed E-state index contributed by atoms with van der Waals surface area (Å²) < 4.78 is 0. The van der Waals surface area contributed by atoms with Gasteiger partial charge in [-0.15, -0.1) is 0 Å². The molecule has 0 unspecified atom stereocenters. The van der Waals surface area contributed by atoms with Gasteiger partial charge in [-0.1, -0.05) is 13.3 Å². The lowest BCUT2D eigenvalue weighted by molar-refractivity contribution is 0.0697. The third-order valence-electron chi connectivity index (χ3n) is 3.06. The normalized spacial score (nSPS) is 10.3. The van der Waals surface area contributed by atoms with Gasteiger partial charge in [0.1, 0.15) is 12.1 Å². The third-order valence-corrected chi connectivity index (χ3v) is 3.06. The van der Waals surface area contributed by atoms with Gasteiger partial charge in [0.15, 0.2) is 0 Å². The first kappa shape index (κ1) is 14.0. The van der Waals surface area contributed by atoms with Crippen molar-refractivity contribution in [3.63, 3.8) is 0 Å². The standard InChI is InChI=1S/C15H17N3O2/c1-3-4-12-9-14(17-10-16-12)18(2)13-7-5-11(6-8-13)15(19)20/h5-10H,3-4H2,1-2H3,(H,19,20). The van der Waals surface area contributed by atoms with Crippen molar-refractivity contribution in [3.05, 3.63) is 47.9 Å². The smallest absolute Gasteiger partial charge is 0.335 e. The number of benzene rings is 1. The number of carbonyl (C=O) groups is 1. The van der Waals surface area contributed by atoms with Crippen LogP contribution < -0.4 is 4.90 Å². The molecule has 0 aliphatic carbocycles. The van der Waals surface area contributed by atoms with E-state index in [9.17, 15) is 4.79 Å². The van der Waals surface area contributed by atoms with Crippen molar-refractivity contribution in [2.45, 2.75) is 19.8 Å². The Kier molecular flexibility index (Phi) is 4.30. The molecule has 0 aliphatic heterocycles. The molecule has 0 spiro atoms. The van der Waals surface area contributed by atoms with Crippen LogP contribution in [0.25, 0.3) is 0 Å². The minimum absolute atomic E-state index is 0.275. The van der Waals surface area contributed by atoms with Gasteiger partial charge in [-0.05, 0) is 30.7 Å². The maximum atomic E-state index is 10.8. The van der Waals surface area contributed by atoms with Crippen LogP contribution in [0.3, 0.4) is 0 Å². The molecule has 2 aromatic rings. The fraction of sp³-hybridized carbons (Fsp3) is 0.267. The summed E-state index contributed by atoms with van der Waals surface area (Å²) in [5.41, 5.74) is 2.17. The van der Waals surface area contributed by atoms with Crippen molar-refractivity contribution in [2.24, 2.45) is 0 Å². The number of hydrogen-bond acceptors (Lipinski definition) is 4. The maximum Gasteiger partial charge on any atom is 0.335 e. The molecule has 0 amide bonds. The predicted molar refractivity (Wildman–Crippen MR) is 77.5 cm³/mol. The molecule has 104 valence electrons. The zero-order valence-corrected chi connectivity index (χ0v) is 11.6. The van der Waals surface area contributed by atoms with E-state index in [1.807, 2.05) is 18.0 Å². The van der Waals surface area contributed by atoms with Crippen LogP contribution in [0.2, 0.25) is 0 Å². The molecule has 1 aromatic heterocycles. The lowest BCUT2D eigenvalue weighted by Gasteiger charge is -2.18. The molecule has 0 saturated heterocycles. The number of carboxylic acids is 1. The van der Waals surface area contributed by atoms with Crippen molar-refractivity contribution in [1.82, 2.24) is 9.97 Å². The Morgan fingerprint density at radius 2 is 1.95 bits per heavy atom. The van der Waals surface area contributed by atoms with Crippen molar-refractivity contribution in [2.75, 3.05) is 11.9 Å². The topological polar surface area (TPSA) is 66.3 Å². The first-order chi connectivity index (χ1) is 9.61. The molecule has 0 saturated carbocycles. The number of aryl methyl sites for hydroxylation is 1. The number of aromatic nitrogens is 2. The van der Waals surface area contributed by atoms with E-state index >= 15 is 0 Å². The van der Waals surface area contributed by atoms with Gasteiger partial charge in [0.2, 0.25) is 0 Å². The van der Waals surface area contributed by atoms with E-state index in [-0.39, 0.29) is 5.56 Å². The summed E-state index contributed by atoms with van der Waals surface area (Å²) in [5.74, 6) is -0.127. The van der Waals surface area contributed by atoms with Gasteiger partial charge in [-0.2, -0.15) is 0 Å². The van der Waals surface area contributed by atoms with E-state index in [0.29, 0.717) is 0 Å². The molecule has 2 rings (SSSR count). The van der Waals surface area contributed by atoms with Crippen LogP contribution in [0.4, 0.5) is 11.5 Å². The summed E-state index contributed by atoms with van der Waals surface area (Å²) in [5, 5.41) is 8.89. The molecular weight excluding hydrogens is 254 g/mol. The molecule has 0 atom stereocenters. The van der Waals surface area contributed by atoms with Gasteiger partial charge in [-0.3, -0.25) is 0 Å². The summed E-state index contributed by atoms with van der Waals surface area (Å²) >= 11 is 0. The molecule has 0 radical (unpaired) electrons. The zero-order chi connectivity index (χ0) is 14.5. The van der Waals surface area contributed by atoms with Gasteiger partial charge in [0, 0.05) is 24.5 Å². The van der Waals surface area contributed by atoms with Crippen LogP contribution in [-0.2, 0) is 6.42 Å². The van der Waals surface area contributed by atoms with Crippen LogP contribution in [0.1, 0.15) is 29.4 Å². The monoisotopic (exact) mass is 271 g/mol. The Morgan fingerprint density at radius 1 is 1.25 bits per heavy atom. The summed E-state index contributed by atoms with van der Waals surface area (Å²) in [4.78, 5) is 21.2. The Labute approximate surface area is 117 Å². The highest BCUT2D eigenvalue weighted by molar-refractivity contribution is 5.88. The molecule has 20 heavy (non-hydrogen) atoms. The SMILES string of the molecule is CCCc1cc(N(C)c2ccc(C(=O)O)cc2)ncn1. The summed E-state index contributed by atoms with van der Waals surface area (Å²) in [6, 6.07) is 8.66. The fourth-order valence-electron chi connectivity index (χ4n) is 1.92. The van der Waals surface area contributed by atoms with Crippen molar-refractivity contribution in [3.8, 4) is 0 Å². The Bertz CT molecular complexity index is 596. The van der Waals surface area contributed by atoms with E-state index in [4.69, 9.17) is 5.11 Å². The fourth-order valence-corrected chi connectivity index (χ4v) is 1.92. The van der Waals surface area contributed by atoms with Crippen molar-refractivity contribution >= 4 is 17.5 Å². The van der Waals surface area contributed by atoms with E-state index in [2.05, 4.69) is 16.9 Å².